The molecule has 2 heterocycles. The molecule has 2 N–H and O–H groups in total. The minimum Gasteiger partial charge on any atom is -0.341 e. The molecule has 6 nitrogen and oxygen atoms in total. The van der Waals surface area contributed by atoms with Crippen molar-refractivity contribution in [3.8, 4) is 0 Å². The first-order valence-corrected chi connectivity index (χ1v) is 11.9. The van der Waals surface area contributed by atoms with Crippen LogP contribution in [0.4, 0.5) is 5.69 Å². The molecule has 1 saturated heterocycles. The van der Waals surface area contributed by atoms with Crippen LogP contribution in [-0.4, -0.2) is 39.6 Å². The van der Waals surface area contributed by atoms with Crippen LogP contribution >= 0.6 is 0 Å². The number of likely N-dealkylation sites (tertiary alicyclic amines) is 1. The molecule has 1 aliphatic rings. The number of ketones is 1. The third kappa shape index (κ3) is 11.4. The molecule has 0 atom stereocenters. The van der Waals surface area contributed by atoms with Crippen molar-refractivity contribution in [2.24, 2.45) is 0 Å². The van der Waals surface area contributed by atoms with Crippen molar-refractivity contribution in [2.75, 3.05) is 18.4 Å². The van der Waals surface area contributed by atoms with E-state index in [4.69, 9.17) is 0 Å². The van der Waals surface area contributed by atoms with Gasteiger partial charge in [0.2, 0.25) is 0 Å². The molecule has 1 fully saturated rings. The summed E-state index contributed by atoms with van der Waals surface area (Å²) in [4.78, 5) is 32.2. The van der Waals surface area contributed by atoms with E-state index in [1.807, 2.05) is 65.0 Å². The van der Waals surface area contributed by atoms with Gasteiger partial charge in [0.15, 0.2) is 0 Å². The molecule has 3 rings (SSSR count). The van der Waals surface area contributed by atoms with Gasteiger partial charge in [0.1, 0.15) is 11.6 Å². The van der Waals surface area contributed by atoms with Gasteiger partial charge in [-0.05, 0) is 71.0 Å². The van der Waals surface area contributed by atoms with Crippen molar-refractivity contribution in [1.82, 2.24) is 14.9 Å². The minimum atomic E-state index is -0.177. The van der Waals surface area contributed by atoms with Gasteiger partial charge in [-0.1, -0.05) is 52.5 Å². The molecule has 0 spiro atoms. The summed E-state index contributed by atoms with van der Waals surface area (Å²) in [5.74, 6) is 0.962. The van der Waals surface area contributed by atoms with E-state index in [1.54, 1.807) is 12.2 Å². The Morgan fingerprint density at radius 3 is 2.30 bits per heavy atom. The predicted octanol–water partition coefficient (Wildman–Crippen LogP) is 6.43. The molecular formula is C27H42N4O2. The van der Waals surface area contributed by atoms with Gasteiger partial charge in [-0.3, -0.25) is 9.69 Å². The van der Waals surface area contributed by atoms with Crippen LogP contribution in [0.5, 0.6) is 0 Å². The lowest BCUT2D eigenvalue weighted by atomic mass is 10.2. The van der Waals surface area contributed by atoms with E-state index in [0.717, 1.165) is 42.2 Å². The number of hydrogen-bond acceptors (Lipinski definition) is 4. The number of carbonyl (C=O) groups is 2. The maximum atomic E-state index is 12.3. The predicted molar refractivity (Wildman–Crippen MR) is 141 cm³/mol. The number of anilines is 1. The summed E-state index contributed by atoms with van der Waals surface area (Å²) in [5.41, 5.74) is 3.12. The van der Waals surface area contributed by atoms with Crippen LogP contribution < -0.4 is 5.32 Å². The fraction of sp³-hybridized carbons (Fsp3) is 0.444. The lowest BCUT2D eigenvalue weighted by Gasteiger charge is -2.11. The number of hydrogen-bond donors (Lipinski definition) is 2. The molecule has 1 aliphatic heterocycles. The van der Waals surface area contributed by atoms with Crippen LogP contribution in [0.2, 0.25) is 0 Å². The first kappa shape index (κ1) is 30.0. The van der Waals surface area contributed by atoms with E-state index in [0.29, 0.717) is 5.57 Å². The summed E-state index contributed by atoms with van der Waals surface area (Å²) in [6.45, 7) is 19.8. The minimum absolute atomic E-state index is 0.167. The fourth-order valence-electron chi connectivity index (χ4n) is 3.01. The zero-order chi connectivity index (χ0) is 25.2. The second kappa shape index (κ2) is 17.6. The highest BCUT2D eigenvalue weighted by Crippen LogP contribution is 2.19. The number of imidazole rings is 1. The average molecular weight is 455 g/mol. The number of Topliss-reactive ketones (excluding diaryl/α,β-unsaturated/α-hetero) is 1. The lowest BCUT2D eigenvalue weighted by Crippen LogP contribution is -2.19. The molecular weight excluding hydrogens is 412 g/mol. The number of H-pyrrole nitrogens is 1. The first-order chi connectivity index (χ1) is 15.9. The van der Waals surface area contributed by atoms with Crippen molar-refractivity contribution in [3.63, 3.8) is 0 Å². The molecule has 0 bridgehead atoms. The summed E-state index contributed by atoms with van der Waals surface area (Å²) in [7, 11) is 0. The third-order valence-corrected chi connectivity index (χ3v) is 4.31. The van der Waals surface area contributed by atoms with Crippen molar-refractivity contribution < 1.29 is 9.59 Å². The van der Waals surface area contributed by atoms with E-state index in [9.17, 15) is 9.59 Å². The van der Waals surface area contributed by atoms with Crippen LogP contribution in [0.25, 0.3) is 11.0 Å². The number of amides is 1. The van der Waals surface area contributed by atoms with Crippen molar-refractivity contribution >= 4 is 28.4 Å². The topological polar surface area (TPSA) is 78.1 Å². The Hall–Kier alpha value is -2.99. The normalized spacial score (nSPS) is 13.2. The smallest absolute Gasteiger partial charge is 0.255 e. The van der Waals surface area contributed by atoms with Gasteiger partial charge >= 0.3 is 0 Å². The van der Waals surface area contributed by atoms with Gasteiger partial charge in [-0.2, -0.15) is 0 Å². The average Bonchev–Trinajstić information content (AvgIpc) is 3.46. The molecule has 2 aromatic rings. The molecule has 0 aliphatic carbocycles. The SMILES string of the molecule is C=C/C(=C\C=C/C)C(=O)Nc1ccc2nc(CN3CCCC3)[nH]c2c1.CC.CC.CC(C)=O. The largest absolute Gasteiger partial charge is 0.341 e. The van der Waals surface area contributed by atoms with Crippen molar-refractivity contribution in [3.05, 3.63) is 60.5 Å². The Kier molecular flexibility index (Phi) is 16.0. The Morgan fingerprint density at radius 1 is 1.15 bits per heavy atom. The lowest BCUT2D eigenvalue weighted by molar-refractivity contribution is -0.115. The van der Waals surface area contributed by atoms with Crippen LogP contribution in [0.3, 0.4) is 0 Å². The third-order valence-electron chi connectivity index (χ3n) is 4.31. The summed E-state index contributed by atoms with van der Waals surface area (Å²) in [6, 6.07) is 5.72. The molecule has 1 amide bonds. The molecule has 182 valence electrons. The van der Waals surface area contributed by atoms with Crippen molar-refractivity contribution in [1.29, 1.82) is 0 Å². The molecule has 33 heavy (non-hydrogen) atoms. The molecule has 0 saturated carbocycles. The Labute approximate surface area is 199 Å². The van der Waals surface area contributed by atoms with Crippen LogP contribution in [0, 0.1) is 0 Å². The molecule has 0 radical (unpaired) electrons. The first-order valence-electron chi connectivity index (χ1n) is 11.9. The zero-order valence-corrected chi connectivity index (χ0v) is 21.5. The Morgan fingerprint density at radius 2 is 1.76 bits per heavy atom. The van der Waals surface area contributed by atoms with E-state index in [-0.39, 0.29) is 11.7 Å². The molecule has 6 heteroatoms. The number of nitrogens with zero attached hydrogens (tertiary/aromatic N) is 2. The van der Waals surface area contributed by atoms with Gasteiger partial charge < -0.3 is 15.1 Å². The molecule has 0 unspecified atom stereocenters. The summed E-state index contributed by atoms with van der Waals surface area (Å²) in [6.07, 6.45) is 9.52. The number of carbonyl (C=O) groups excluding carboxylic acids is 2. The number of benzene rings is 1. The standard InChI is InChI=1S/C20H24N4O.C3H6O.2C2H6/c1-3-5-8-15(4-2)20(25)21-16-9-10-17-18(13-16)23-19(22-17)14-24-11-6-7-12-24;1-3(2)4;2*1-2/h3-5,8-10,13H,2,6-7,11-12,14H2,1H3,(H,21,25)(H,22,23);1-2H3;2*1-2H3/b5-3-,15-8+;;;. The highest BCUT2D eigenvalue weighted by molar-refractivity contribution is 6.06. The summed E-state index contributed by atoms with van der Waals surface area (Å²) < 4.78 is 0. The van der Waals surface area contributed by atoms with Crippen LogP contribution in [0.1, 0.15) is 67.1 Å². The van der Waals surface area contributed by atoms with Gasteiger partial charge in [0.25, 0.3) is 5.91 Å². The summed E-state index contributed by atoms with van der Waals surface area (Å²) in [5, 5.41) is 2.91. The van der Waals surface area contributed by atoms with Crippen LogP contribution in [0.15, 0.2) is 54.7 Å². The monoisotopic (exact) mass is 454 g/mol. The van der Waals surface area contributed by atoms with Gasteiger partial charge in [-0.25, -0.2) is 4.98 Å². The summed E-state index contributed by atoms with van der Waals surface area (Å²) >= 11 is 0. The number of nitrogens with one attached hydrogen (secondary N) is 2. The quantitative estimate of drug-likeness (QED) is 0.389. The number of aromatic amines is 1. The maximum Gasteiger partial charge on any atom is 0.255 e. The number of allylic oxidation sites excluding steroid dienone is 3. The second-order valence-electron chi connectivity index (χ2n) is 7.11. The van der Waals surface area contributed by atoms with Gasteiger partial charge in [-0.15, -0.1) is 0 Å². The highest BCUT2D eigenvalue weighted by Gasteiger charge is 2.14. The van der Waals surface area contributed by atoms with Crippen LogP contribution in [-0.2, 0) is 16.1 Å². The van der Waals surface area contributed by atoms with Crippen molar-refractivity contribution in [2.45, 2.75) is 67.9 Å². The maximum absolute atomic E-state index is 12.3. The number of rotatable bonds is 6. The van der Waals surface area contributed by atoms with Gasteiger partial charge in [0.05, 0.1) is 17.6 Å². The van der Waals surface area contributed by atoms with Gasteiger partial charge in [0, 0.05) is 11.3 Å². The number of aromatic nitrogens is 2. The van der Waals surface area contributed by atoms with E-state index in [2.05, 4.69) is 26.8 Å². The zero-order valence-electron chi connectivity index (χ0n) is 21.5. The van der Waals surface area contributed by atoms with E-state index >= 15 is 0 Å². The second-order valence-corrected chi connectivity index (χ2v) is 7.11. The van der Waals surface area contributed by atoms with E-state index in [1.165, 1.54) is 26.7 Å². The Balaban J connectivity index is 0.00000113. The highest BCUT2D eigenvalue weighted by atomic mass is 16.1. The Bertz CT molecular complexity index is 915. The molecule has 1 aromatic heterocycles. The molecule has 1 aromatic carbocycles. The number of fused-ring (bicyclic) bond motifs is 1. The fourth-order valence-corrected chi connectivity index (χ4v) is 3.01. The van der Waals surface area contributed by atoms with E-state index < -0.39 is 0 Å².